The van der Waals surface area contributed by atoms with Crippen LogP contribution in [0.2, 0.25) is 16.6 Å². The van der Waals surface area contributed by atoms with Gasteiger partial charge in [-0.1, -0.05) is 59.7 Å². The quantitative estimate of drug-likeness (QED) is 0.327. The van der Waals surface area contributed by atoms with E-state index >= 15 is 0 Å². The number of rotatable bonds is 11. The topological polar surface area (TPSA) is 55.8 Å². The Bertz CT molecular complexity index is 506. The Hall–Kier alpha value is -1.17. The van der Waals surface area contributed by atoms with Crippen molar-refractivity contribution in [1.29, 1.82) is 0 Å². The van der Waals surface area contributed by atoms with E-state index in [9.17, 15) is 9.90 Å². The number of hydrogen-bond acceptors (Lipinski definition) is 4. The van der Waals surface area contributed by atoms with E-state index < -0.39 is 20.4 Å². The lowest BCUT2D eigenvalue weighted by atomic mass is 10.2. The summed E-state index contributed by atoms with van der Waals surface area (Å²) >= 11 is 0. The van der Waals surface area contributed by atoms with Gasteiger partial charge in [-0.25, -0.2) is 4.79 Å². The van der Waals surface area contributed by atoms with Crippen LogP contribution in [-0.4, -0.2) is 38.7 Å². The van der Waals surface area contributed by atoms with Crippen LogP contribution in [0.25, 0.3) is 0 Å². The van der Waals surface area contributed by atoms with E-state index in [1.807, 2.05) is 6.07 Å². The fourth-order valence-electron chi connectivity index (χ4n) is 3.98. The molecule has 0 spiro atoms. The van der Waals surface area contributed by atoms with Crippen molar-refractivity contribution in [2.24, 2.45) is 0 Å². The van der Waals surface area contributed by atoms with Crippen molar-refractivity contribution in [2.75, 3.05) is 13.2 Å². The number of esters is 1. The molecule has 1 rings (SSSR count). The van der Waals surface area contributed by atoms with Crippen LogP contribution in [0, 0.1) is 0 Å². The number of aliphatic hydroxyl groups is 1. The first-order valence-corrected chi connectivity index (χ1v) is 11.9. The molecule has 1 aromatic rings. The molecule has 0 bridgehead atoms. The van der Waals surface area contributed by atoms with E-state index in [0.717, 1.165) is 6.42 Å². The van der Waals surface area contributed by atoms with Gasteiger partial charge in [0.05, 0.1) is 11.7 Å². The molecule has 0 aliphatic heterocycles. The van der Waals surface area contributed by atoms with E-state index in [4.69, 9.17) is 9.16 Å². The van der Waals surface area contributed by atoms with Gasteiger partial charge in [-0.15, -0.1) is 0 Å². The predicted molar refractivity (Wildman–Crippen MR) is 109 cm³/mol. The molecule has 1 unspecified atom stereocenters. The Labute approximate surface area is 160 Å². The van der Waals surface area contributed by atoms with E-state index in [2.05, 4.69) is 41.5 Å². The molecule has 0 radical (unpaired) electrons. The van der Waals surface area contributed by atoms with Gasteiger partial charge >= 0.3 is 5.97 Å². The first kappa shape index (κ1) is 22.9. The zero-order valence-corrected chi connectivity index (χ0v) is 18.2. The summed E-state index contributed by atoms with van der Waals surface area (Å²) in [6, 6.07) is 8.84. The lowest BCUT2D eigenvalue weighted by Crippen LogP contribution is -2.48. The van der Waals surface area contributed by atoms with Crippen LogP contribution in [0.15, 0.2) is 30.3 Å². The Morgan fingerprint density at radius 1 is 1.00 bits per heavy atom. The lowest BCUT2D eigenvalue weighted by Gasteiger charge is -2.42. The number of ether oxygens (including phenoxy) is 1. The van der Waals surface area contributed by atoms with Gasteiger partial charge in [-0.05, 0) is 41.6 Å². The summed E-state index contributed by atoms with van der Waals surface area (Å²) in [4.78, 5) is 11.9. The zero-order valence-electron chi connectivity index (χ0n) is 17.2. The van der Waals surface area contributed by atoms with E-state index in [1.54, 1.807) is 24.3 Å². The number of benzene rings is 1. The largest absolute Gasteiger partial charge is 0.459 e. The van der Waals surface area contributed by atoms with Crippen LogP contribution in [0.1, 0.15) is 64.7 Å². The van der Waals surface area contributed by atoms with Crippen LogP contribution in [-0.2, 0) is 9.16 Å². The molecule has 1 aromatic carbocycles. The highest BCUT2D eigenvalue weighted by Gasteiger charge is 2.44. The maximum atomic E-state index is 11.9. The van der Waals surface area contributed by atoms with Gasteiger partial charge in [0, 0.05) is 6.61 Å². The molecule has 26 heavy (non-hydrogen) atoms. The standard InChI is InChI=1S/C21H36O4Si/c1-16(2)26(17(3)4,18(5)6)25-14-10-13-20(22)15-24-21(23)19-11-8-7-9-12-19/h7-9,11-12,16-18,20,22H,10,13-15H2,1-6H3. The highest BCUT2D eigenvalue weighted by atomic mass is 28.4. The van der Waals surface area contributed by atoms with Crippen LogP contribution < -0.4 is 0 Å². The van der Waals surface area contributed by atoms with Crippen molar-refractivity contribution in [1.82, 2.24) is 0 Å². The maximum absolute atomic E-state index is 11.9. The minimum atomic E-state index is -1.85. The van der Waals surface area contributed by atoms with Gasteiger partial charge in [0.2, 0.25) is 0 Å². The minimum absolute atomic E-state index is 0.0227. The second kappa shape index (κ2) is 10.9. The Balaban J connectivity index is 2.39. The van der Waals surface area contributed by atoms with E-state index in [-0.39, 0.29) is 6.61 Å². The molecule has 4 nitrogen and oxygen atoms in total. The minimum Gasteiger partial charge on any atom is -0.459 e. The molecule has 0 fully saturated rings. The molecule has 1 N–H and O–H groups in total. The molecule has 0 aliphatic carbocycles. The summed E-state index contributed by atoms with van der Waals surface area (Å²) in [5.41, 5.74) is 2.17. The number of aliphatic hydroxyl groups excluding tert-OH is 1. The SMILES string of the molecule is CC(C)[Si](OCCCC(O)COC(=O)c1ccccc1)(C(C)C)C(C)C. The van der Waals surface area contributed by atoms with Crippen molar-refractivity contribution in [2.45, 2.75) is 77.1 Å². The monoisotopic (exact) mass is 380 g/mol. The number of carbonyl (C=O) groups is 1. The van der Waals surface area contributed by atoms with Gasteiger partial charge in [-0.3, -0.25) is 0 Å². The van der Waals surface area contributed by atoms with Crippen molar-refractivity contribution < 1.29 is 19.1 Å². The predicted octanol–water partition coefficient (Wildman–Crippen LogP) is 5.18. The third kappa shape index (κ3) is 6.22. The van der Waals surface area contributed by atoms with Crippen LogP contribution in [0.3, 0.4) is 0 Å². The zero-order chi connectivity index (χ0) is 19.7. The fraction of sp³-hybridized carbons (Fsp3) is 0.667. The van der Waals surface area contributed by atoms with Crippen molar-refractivity contribution in [3.8, 4) is 0 Å². The highest BCUT2D eigenvalue weighted by molar-refractivity contribution is 6.77. The number of carbonyl (C=O) groups excluding carboxylic acids is 1. The van der Waals surface area contributed by atoms with E-state index in [1.165, 1.54) is 0 Å². The first-order chi connectivity index (χ1) is 12.2. The van der Waals surface area contributed by atoms with Crippen LogP contribution in [0.4, 0.5) is 0 Å². The molecule has 0 aromatic heterocycles. The third-order valence-corrected chi connectivity index (χ3v) is 11.3. The summed E-state index contributed by atoms with van der Waals surface area (Å²) in [7, 11) is -1.85. The first-order valence-electron chi connectivity index (χ1n) is 9.76. The van der Waals surface area contributed by atoms with Crippen molar-refractivity contribution in [3.05, 3.63) is 35.9 Å². The lowest BCUT2D eigenvalue weighted by molar-refractivity contribution is 0.0225. The second-order valence-corrected chi connectivity index (χ2v) is 13.4. The summed E-state index contributed by atoms with van der Waals surface area (Å²) in [6.45, 7) is 14.3. The van der Waals surface area contributed by atoms with Crippen molar-refractivity contribution >= 4 is 14.3 Å². The molecule has 0 heterocycles. The highest BCUT2D eigenvalue weighted by Crippen LogP contribution is 2.42. The Morgan fingerprint density at radius 2 is 1.54 bits per heavy atom. The summed E-state index contributed by atoms with van der Waals surface area (Å²) in [5, 5.41) is 10.1. The summed E-state index contributed by atoms with van der Waals surface area (Å²) < 4.78 is 11.7. The third-order valence-electron chi connectivity index (χ3n) is 5.16. The van der Waals surface area contributed by atoms with E-state index in [0.29, 0.717) is 35.2 Å². The normalized spacial score (nSPS) is 13.5. The van der Waals surface area contributed by atoms with Crippen LogP contribution in [0.5, 0.6) is 0 Å². The second-order valence-electron chi connectivity index (χ2n) is 7.93. The molecular weight excluding hydrogens is 344 g/mol. The smallest absolute Gasteiger partial charge is 0.338 e. The molecule has 0 aliphatic rings. The Kier molecular flexibility index (Phi) is 9.54. The molecule has 1 atom stereocenters. The van der Waals surface area contributed by atoms with Crippen LogP contribution >= 0.6 is 0 Å². The summed E-state index contributed by atoms with van der Waals surface area (Å²) in [6.07, 6.45) is 0.686. The molecule has 0 saturated heterocycles. The average molecular weight is 381 g/mol. The van der Waals surface area contributed by atoms with Crippen molar-refractivity contribution in [3.63, 3.8) is 0 Å². The molecule has 148 valence electrons. The average Bonchev–Trinajstić information content (AvgIpc) is 2.59. The molecule has 5 heteroatoms. The molecule has 0 amide bonds. The van der Waals surface area contributed by atoms with Gasteiger partial charge < -0.3 is 14.3 Å². The maximum Gasteiger partial charge on any atom is 0.338 e. The molecule has 0 saturated carbocycles. The van der Waals surface area contributed by atoms with Gasteiger partial charge in [-0.2, -0.15) is 0 Å². The van der Waals surface area contributed by atoms with Gasteiger partial charge in [0.15, 0.2) is 8.32 Å². The summed E-state index contributed by atoms with van der Waals surface area (Å²) in [5.74, 6) is -0.397. The Morgan fingerprint density at radius 3 is 2.04 bits per heavy atom. The molecular formula is C21H36O4Si. The number of hydrogen-bond donors (Lipinski definition) is 1. The van der Waals surface area contributed by atoms with Gasteiger partial charge in [0.1, 0.15) is 6.61 Å². The van der Waals surface area contributed by atoms with Gasteiger partial charge in [0.25, 0.3) is 0 Å². The fourth-order valence-corrected chi connectivity index (χ4v) is 9.48.